The number of rotatable bonds is 2. The number of benzene rings is 2. The highest BCUT2D eigenvalue weighted by Gasteiger charge is 2.23. The maximum atomic E-state index is 13.1. The van der Waals surface area contributed by atoms with Crippen LogP contribution in [0.1, 0.15) is 11.1 Å². The molecule has 0 aliphatic carbocycles. The SMILES string of the molecule is O=C1OC(c2ccccc2)=NC1=Cc1ccc(F)c(F)c1. The lowest BCUT2D eigenvalue weighted by atomic mass is 10.2. The molecule has 3 rings (SSSR count). The third-order valence-electron chi connectivity index (χ3n) is 2.89. The Bertz CT molecular complexity index is 767. The molecule has 0 amide bonds. The zero-order chi connectivity index (χ0) is 14.8. The van der Waals surface area contributed by atoms with Gasteiger partial charge in [0.25, 0.3) is 0 Å². The molecule has 2 aromatic carbocycles. The van der Waals surface area contributed by atoms with Gasteiger partial charge < -0.3 is 4.74 Å². The normalized spacial score (nSPS) is 16.0. The Morgan fingerprint density at radius 3 is 2.48 bits per heavy atom. The summed E-state index contributed by atoms with van der Waals surface area (Å²) in [5.41, 5.74) is 1.04. The summed E-state index contributed by atoms with van der Waals surface area (Å²) < 4.78 is 31.1. The Morgan fingerprint density at radius 1 is 1.00 bits per heavy atom. The average molecular weight is 285 g/mol. The summed E-state index contributed by atoms with van der Waals surface area (Å²) in [5.74, 6) is -2.37. The van der Waals surface area contributed by atoms with Crippen molar-refractivity contribution < 1.29 is 18.3 Å². The fourth-order valence-electron chi connectivity index (χ4n) is 1.87. The van der Waals surface area contributed by atoms with Gasteiger partial charge in [-0.15, -0.1) is 0 Å². The molecule has 0 aromatic heterocycles. The largest absolute Gasteiger partial charge is 0.402 e. The number of hydrogen-bond acceptors (Lipinski definition) is 3. The Kier molecular flexibility index (Phi) is 3.31. The number of esters is 1. The van der Waals surface area contributed by atoms with Crippen molar-refractivity contribution >= 4 is 17.9 Å². The van der Waals surface area contributed by atoms with Crippen molar-refractivity contribution in [1.29, 1.82) is 0 Å². The Morgan fingerprint density at radius 2 is 1.76 bits per heavy atom. The lowest BCUT2D eigenvalue weighted by molar-refractivity contribution is -0.129. The van der Waals surface area contributed by atoms with Gasteiger partial charge in [-0.25, -0.2) is 18.6 Å². The molecule has 5 heteroatoms. The van der Waals surface area contributed by atoms with Crippen molar-refractivity contribution in [3.05, 3.63) is 77.0 Å². The molecule has 21 heavy (non-hydrogen) atoms. The molecule has 0 fully saturated rings. The van der Waals surface area contributed by atoms with Crippen LogP contribution in [0.5, 0.6) is 0 Å². The summed E-state index contributed by atoms with van der Waals surface area (Å²) in [7, 11) is 0. The molecule has 1 heterocycles. The van der Waals surface area contributed by atoms with Gasteiger partial charge in [-0.1, -0.05) is 24.3 Å². The number of aliphatic imine (C=N–C) groups is 1. The predicted octanol–water partition coefficient (Wildman–Crippen LogP) is 3.31. The van der Waals surface area contributed by atoms with Crippen LogP contribution in [0.3, 0.4) is 0 Å². The molecule has 104 valence electrons. The van der Waals surface area contributed by atoms with Crippen molar-refractivity contribution in [3.63, 3.8) is 0 Å². The molecule has 3 nitrogen and oxygen atoms in total. The minimum absolute atomic E-state index is 0.0415. The van der Waals surface area contributed by atoms with E-state index in [1.165, 1.54) is 12.1 Å². The van der Waals surface area contributed by atoms with Crippen LogP contribution >= 0.6 is 0 Å². The van der Waals surface area contributed by atoms with Crippen molar-refractivity contribution in [2.45, 2.75) is 0 Å². The molecule has 0 spiro atoms. The van der Waals surface area contributed by atoms with Crippen LogP contribution in [0.4, 0.5) is 8.78 Å². The van der Waals surface area contributed by atoms with E-state index < -0.39 is 17.6 Å². The van der Waals surface area contributed by atoms with Crippen LogP contribution < -0.4 is 0 Å². The maximum absolute atomic E-state index is 13.1. The minimum atomic E-state index is -0.983. The second-order valence-corrected chi connectivity index (χ2v) is 4.38. The van der Waals surface area contributed by atoms with E-state index in [0.29, 0.717) is 11.1 Å². The monoisotopic (exact) mass is 285 g/mol. The molecule has 0 atom stereocenters. The molecule has 0 N–H and O–H groups in total. The second-order valence-electron chi connectivity index (χ2n) is 4.38. The zero-order valence-electron chi connectivity index (χ0n) is 10.7. The Labute approximate surface area is 119 Å². The number of carbonyl (C=O) groups is 1. The number of hydrogen-bond donors (Lipinski definition) is 0. The first-order valence-corrected chi connectivity index (χ1v) is 6.16. The second kappa shape index (κ2) is 5.28. The molecule has 1 aliphatic heterocycles. The molecular weight excluding hydrogens is 276 g/mol. The Balaban J connectivity index is 1.95. The van der Waals surface area contributed by atoms with Gasteiger partial charge in [0.1, 0.15) is 0 Å². The third kappa shape index (κ3) is 2.72. The molecule has 0 saturated heterocycles. The van der Waals surface area contributed by atoms with Crippen LogP contribution in [-0.2, 0) is 9.53 Å². The fraction of sp³-hybridized carbons (Fsp3) is 0. The minimum Gasteiger partial charge on any atom is -0.402 e. The van der Waals surface area contributed by atoms with E-state index in [1.807, 2.05) is 6.07 Å². The third-order valence-corrected chi connectivity index (χ3v) is 2.89. The highest BCUT2D eigenvalue weighted by Crippen LogP contribution is 2.19. The van der Waals surface area contributed by atoms with Crippen molar-refractivity contribution in [1.82, 2.24) is 0 Å². The number of carbonyl (C=O) groups excluding carboxylic acids is 1. The number of ether oxygens (including phenoxy) is 1. The molecule has 0 bridgehead atoms. The van der Waals surface area contributed by atoms with Gasteiger partial charge in [-0.05, 0) is 35.9 Å². The summed E-state index contributed by atoms with van der Waals surface area (Å²) in [5, 5.41) is 0. The van der Waals surface area contributed by atoms with E-state index >= 15 is 0 Å². The van der Waals surface area contributed by atoms with Gasteiger partial charge in [0.15, 0.2) is 17.3 Å². The van der Waals surface area contributed by atoms with Crippen molar-refractivity contribution in [2.24, 2.45) is 4.99 Å². The lowest BCUT2D eigenvalue weighted by Gasteiger charge is -1.97. The van der Waals surface area contributed by atoms with Crippen molar-refractivity contribution in [2.75, 3.05) is 0 Å². The maximum Gasteiger partial charge on any atom is 0.363 e. The summed E-state index contributed by atoms with van der Waals surface area (Å²) in [4.78, 5) is 15.8. The molecule has 0 saturated carbocycles. The number of halogens is 2. The first-order chi connectivity index (χ1) is 10.1. The Hall–Kier alpha value is -2.82. The first-order valence-electron chi connectivity index (χ1n) is 6.16. The zero-order valence-corrected chi connectivity index (χ0v) is 10.7. The highest BCUT2D eigenvalue weighted by molar-refractivity contribution is 6.12. The lowest BCUT2D eigenvalue weighted by Crippen LogP contribution is -2.04. The molecular formula is C16H9F2NO2. The predicted molar refractivity (Wildman–Crippen MR) is 73.4 cm³/mol. The van der Waals surface area contributed by atoms with Crippen LogP contribution in [0.15, 0.2) is 59.2 Å². The van der Waals surface area contributed by atoms with E-state index in [0.717, 1.165) is 12.1 Å². The standard InChI is InChI=1S/C16H9F2NO2/c17-12-7-6-10(8-13(12)18)9-14-16(20)21-15(19-14)11-4-2-1-3-5-11/h1-9H. The van der Waals surface area contributed by atoms with Gasteiger partial charge in [-0.2, -0.15) is 0 Å². The van der Waals surface area contributed by atoms with Crippen molar-refractivity contribution in [3.8, 4) is 0 Å². The topological polar surface area (TPSA) is 38.7 Å². The molecule has 0 unspecified atom stereocenters. The van der Waals surface area contributed by atoms with E-state index in [2.05, 4.69) is 4.99 Å². The smallest absolute Gasteiger partial charge is 0.363 e. The van der Waals surface area contributed by atoms with Crippen LogP contribution in [0.2, 0.25) is 0 Å². The fourth-order valence-corrected chi connectivity index (χ4v) is 1.87. The van der Waals surface area contributed by atoms with Crippen LogP contribution in [0, 0.1) is 11.6 Å². The quantitative estimate of drug-likeness (QED) is 0.627. The van der Waals surface area contributed by atoms with E-state index in [1.54, 1.807) is 24.3 Å². The van der Waals surface area contributed by atoms with Gasteiger partial charge in [0, 0.05) is 5.56 Å². The summed E-state index contributed by atoms with van der Waals surface area (Å²) in [6, 6.07) is 12.3. The summed E-state index contributed by atoms with van der Waals surface area (Å²) in [6.07, 6.45) is 1.35. The van der Waals surface area contributed by atoms with Gasteiger partial charge >= 0.3 is 5.97 Å². The van der Waals surface area contributed by atoms with E-state index in [-0.39, 0.29) is 11.6 Å². The highest BCUT2D eigenvalue weighted by atomic mass is 19.2. The van der Waals surface area contributed by atoms with Gasteiger partial charge in [-0.3, -0.25) is 0 Å². The van der Waals surface area contributed by atoms with Gasteiger partial charge in [0.05, 0.1) is 0 Å². The summed E-state index contributed by atoms with van der Waals surface area (Å²) >= 11 is 0. The average Bonchev–Trinajstić information content (AvgIpc) is 2.85. The summed E-state index contributed by atoms with van der Waals surface area (Å²) in [6.45, 7) is 0. The number of nitrogens with zero attached hydrogens (tertiary/aromatic N) is 1. The molecule has 2 aromatic rings. The number of cyclic esters (lactones) is 1. The van der Waals surface area contributed by atoms with Gasteiger partial charge in [0.2, 0.25) is 5.90 Å². The van der Waals surface area contributed by atoms with E-state index in [9.17, 15) is 13.6 Å². The molecule has 1 aliphatic rings. The van der Waals surface area contributed by atoms with Crippen LogP contribution in [-0.4, -0.2) is 11.9 Å². The molecule has 0 radical (unpaired) electrons. The van der Waals surface area contributed by atoms with E-state index in [4.69, 9.17) is 4.74 Å². The first kappa shape index (κ1) is 13.2. The van der Waals surface area contributed by atoms with Crippen LogP contribution in [0.25, 0.3) is 6.08 Å².